The van der Waals surface area contributed by atoms with Crippen LogP contribution in [0.2, 0.25) is 0 Å². The van der Waals surface area contributed by atoms with E-state index >= 15 is 0 Å². The third-order valence-electron chi connectivity index (χ3n) is 2.35. The van der Waals surface area contributed by atoms with Gasteiger partial charge in [-0.25, -0.2) is 9.37 Å². The molecule has 19 heavy (non-hydrogen) atoms. The normalized spacial score (nSPS) is 9.53. The fourth-order valence-electron chi connectivity index (χ4n) is 1.44. The molecule has 0 fully saturated rings. The van der Waals surface area contributed by atoms with Crippen molar-refractivity contribution in [2.24, 2.45) is 5.73 Å². The van der Waals surface area contributed by atoms with E-state index < -0.39 is 0 Å². The van der Waals surface area contributed by atoms with Crippen molar-refractivity contribution in [1.29, 1.82) is 5.41 Å². The summed E-state index contributed by atoms with van der Waals surface area (Å²) in [5.41, 5.74) is 6.68. The molecule has 0 radical (unpaired) electrons. The molecule has 2 aromatic rings. The Balaban J connectivity index is 0.00000180. The zero-order valence-corrected chi connectivity index (χ0v) is 10.8. The number of nitrogens with two attached hydrogens (primary N) is 1. The van der Waals surface area contributed by atoms with Gasteiger partial charge in [0.1, 0.15) is 18.3 Å². The zero-order valence-electron chi connectivity index (χ0n) is 9.97. The maximum absolute atomic E-state index is 12.7. The molecule has 1 aromatic heterocycles. The van der Waals surface area contributed by atoms with Crippen molar-refractivity contribution in [3.05, 3.63) is 59.5 Å². The molecule has 6 heteroatoms. The Morgan fingerprint density at radius 2 is 1.95 bits per heavy atom. The maximum atomic E-state index is 12.7. The first kappa shape index (κ1) is 14.9. The topological polar surface area (TPSA) is 72.0 Å². The summed E-state index contributed by atoms with van der Waals surface area (Å²) in [5.74, 6) is -0.0902. The Labute approximate surface area is 116 Å². The third kappa shape index (κ3) is 3.93. The first-order valence-electron chi connectivity index (χ1n) is 5.33. The number of hydrogen-bond donors (Lipinski definition) is 2. The van der Waals surface area contributed by atoms with Crippen molar-refractivity contribution < 1.29 is 9.13 Å². The fourth-order valence-corrected chi connectivity index (χ4v) is 1.44. The highest BCUT2D eigenvalue weighted by molar-refractivity contribution is 5.96. The van der Waals surface area contributed by atoms with Crippen molar-refractivity contribution in [2.75, 3.05) is 0 Å². The van der Waals surface area contributed by atoms with Crippen LogP contribution in [0.4, 0.5) is 4.39 Å². The van der Waals surface area contributed by atoms with Crippen molar-refractivity contribution in [3.63, 3.8) is 0 Å². The molecule has 2 rings (SSSR count). The molecule has 100 valence electrons. The number of hydrogen-bond acceptors (Lipinski definition) is 3. The monoisotopic (exact) mass is 281 g/mol. The van der Waals surface area contributed by atoms with Crippen LogP contribution in [-0.2, 0) is 6.61 Å². The number of aromatic nitrogens is 1. The van der Waals surface area contributed by atoms with Gasteiger partial charge < -0.3 is 10.5 Å². The molecule has 0 amide bonds. The van der Waals surface area contributed by atoms with Gasteiger partial charge in [-0.1, -0.05) is 12.1 Å². The molecule has 1 heterocycles. The average Bonchev–Trinajstić information content (AvgIpc) is 2.38. The van der Waals surface area contributed by atoms with Gasteiger partial charge in [-0.2, -0.15) is 0 Å². The Hall–Kier alpha value is -2.14. The molecular weight excluding hydrogens is 269 g/mol. The number of ether oxygens (including phenoxy) is 1. The summed E-state index contributed by atoms with van der Waals surface area (Å²) in [4.78, 5) is 4.02. The van der Waals surface area contributed by atoms with Crippen molar-refractivity contribution in [2.45, 2.75) is 6.61 Å². The van der Waals surface area contributed by atoms with Gasteiger partial charge >= 0.3 is 0 Å². The van der Waals surface area contributed by atoms with Gasteiger partial charge in [-0.05, 0) is 29.8 Å². The summed E-state index contributed by atoms with van der Waals surface area (Å²) >= 11 is 0. The van der Waals surface area contributed by atoms with Gasteiger partial charge in [0.15, 0.2) is 0 Å². The summed E-state index contributed by atoms with van der Waals surface area (Å²) in [7, 11) is 0. The van der Waals surface area contributed by atoms with Crippen molar-refractivity contribution in [3.8, 4) is 5.88 Å². The van der Waals surface area contributed by atoms with Gasteiger partial charge in [0.25, 0.3) is 0 Å². The third-order valence-corrected chi connectivity index (χ3v) is 2.35. The van der Waals surface area contributed by atoms with Gasteiger partial charge in [-0.3, -0.25) is 5.41 Å². The van der Waals surface area contributed by atoms with E-state index in [1.165, 1.54) is 12.1 Å². The molecule has 0 unspecified atom stereocenters. The highest BCUT2D eigenvalue weighted by Crippen LogP contribution is 2.15. The summed E-state index contributed by atoms with van der Waals surface area (Å²) in [6, 6.07) is 9.33. The number of nitrogens with zero attached hydrogens (tertiary/aromatic N) is 1. The molecule has 1 aromatic carbocycles. The smallest absolute Gasteiger partial charge is 0.224 e. The largest absolute Gasteiger partial charge is 0.472 e. The second kappa shape index (κ2) is 6.70. The van der Waals surface area contributed by atoms with Crippen LogP contribution in [0.3, 0.4) is 0 Å². The predicted molar refractivity (Wildman–Crippen MR) is 73.2 cm³/mol. The Morgan fingerprint density at radius 1 is 1.26 bits per heavy atom. The average molecular weight is 282 g/mol. The van der Waals surface area contributed by atoms with E-state index in [2.05, 4.69) is 4.98 Å². The minimum atomic E-state index is -0.291. The highest BCUT2D eigenvalue weighted by Gasteiger charge is 2.07. The summed E-state index contributed by atoms with van der Waals surface area (Å²) in [6.07, 6.45) is 1.56. The predicted octanol–water partition coefficient (Wildman–Crippen LogP) is 2.51. The molecule has 0 saturated heterocycles. The minimum absolute atomic E-state index is 0. The van der Waals surface area contributed by atoms with Crippen LogP contribution in [0, 0.1) is 11.2 Å². The maximum Gasteiger partial charge on any atom is 0.224 e. The Bertz CT molecular complexity index is 560. The van der Waals surface area contributed by atoms with Crippen molar-refractivity contribution >= 4 is 18.2 Å². The van der Waals surface area contributed by atoms with Crippen LogP contribution in [0.25, 0.3) is 0 Å². The number of halogens is 2. The van der Waals surface area contributed by atoms with E-state index in [4.69, 9.17) is 15.9 Å². The van der Waals surface area contributed by atoms with E-state index in [1.807, 2.05) is 0 Å². The number of benzene rings is 1. The molecule has 0 bridgehead atoms. The lowest BCUT2D eigenvalue weighted by molar-refractivity contribution is 0.293. The van der Waals surface area contributed by atoms with Crippen LogP contribution in [0.15, 0.2) is 42.6 Å². The lowest BCUT2D eigenvalue weighted by Gasteiger charge is -2.08. The molecule has 0 aliphatic heterocycles. The molecule has 0 spiro atoms. The second-order valence-electron chi connectivity index (χ2n) is 3.68. The van der Waals surface area contributed by atoms with E-state index in [0.29, 0.717) is 11.4 Å². The van der Waals surface area contributed by atoms with Gasteiger partial charge in [0, 0.05) is 6.20 Å². The van der Waals surface area contributed by atoms with Gasteiger partial charge in [0.05, 0.1) is 5.56 Å². The van der Waals surface area contributed by atoms with Gasteiger partial charge in [-0.15, -0.1) is 12.4 Å². The molecule has 0 saturated carbocycles. The number of nitrogen functional groups attached to an aromatic ring is 1. The first-order valence-corrected chi connectivity index (χ1v) is 5.33. The van der Waals surface area contributed by atoms with Crippen LogP contribution in [0.1, 0.15) is 11.1 Å². The van der Waals surface area contributed by atoms with Crippen LogP contribution < -0.4 is 10.5 Å². The SMILES string of the molecule is Cl.N=C(N)c1cccnc1OCc1ccc(F)cc1. The van der Waals surface area contributed by atoms with Crippen LogP contribution in [0.5, 0.6) is 5.88 Å². The number of rotatable bonds is 4. The van der Waals surface area contributed by atoms with E-state index in [-0.39, 0.29) is 30.7 Å². The summed E-state index contributed by atoms with van der Waals surface area (Å²) in [6.45, 7) is 0.248. The Kier molecular flexibility index (Phi) is 5.26. The standard InChI is InChI=1S/C13H12FN3O.ClH/c14-10-5-3-9(4-6-10)8-18-13-11(12(15)16)2-1-7-17-13;/h1-7H,8H2,(H3,15,16);1H. The summed E-state index contributed by atoms with van der Waals surface area (Å²) < 4.78 is 18.2. The molecule has 0 atom stereocenters. The van der Waals surface area contributed by atoms with Crippen LogP contribution >= 0.6 is 12.4 Å². The van der Waals surface area contributed by atoms with E-state index in [9.17, 15) is 4.39 Å². The lowest BCUT2D eigenvalue weighted by Crippen LogP contribution is -2.13. The fraction of sp³-hybridized carbons (Fsp3) is 0.0769. The van der Waals surface area contributed by atoms with E-state index in [1.54, 1.807) is 30.5 Å². The quantitative estimate of drug-likeness (QED) is 0.668. The molecule has 0 aliphatic carbocycles. The summed E-state index contributed by atoms with van der Waals surface area (Å²) in [5, 5.41) is 7.40. The lowest BCUT2D eigenvalue weighted by atomic mass is 10.2. The van der Waals surface area contributed by atoms with E-state index in [0.717, 1.165) is 5.56 Å². The Morgan fingerprint density at radius 3 is 2.58 bits per heavy atom. The van der Waals surface area contributed by atoms with Crippen molar-refractivity contribution in [1.82, 2.24) is 4.98 Å². The zero-order chi connectivity index (χ0) is 13.0. The minimum Gasteiger partial charge on any atom is -0.472 e. The number of nitrogens with one attached hydrogen (secondary N) is 1. The van der Waals surface area contributed by atoms with Gasteiger partial charge in [0.2, 0.25) is 5.88 Å². The molecule has 4 nitrogen and oxygen atoms in total. The second-order valence-corrected chi connectivity index (χ2v) is 3.68. The number of amidine groups is 1. The molecular formula is C13H13ClFN3O. The molecule has 0 aliphatic rings. The highest BCUT2D eigenvalue weighted by atomic mass is 35.5. The van der Waals surface area contributed by atoms with Crippen LogP contribution in [-0.4, -0.2) is 10.8 Å². The number of pyridine rings is 1. The molecule has 3 N–H and O–H groups in total. The first-order chi connectivity index (χ1) is 8.66.